The minimum absolute atomic E-state index is 0.0222. The molecule has 0 spiro atoms. The SMILES string of the molecule is COc1cc(-c2n[nH]nc2C(N)=O)ccc1OC(=O)C(C)C. The maximum atomic E-state index is 11.7. The van der Waals surface area contributed by atoms with Gasteiger partial charge in [-0.3, -0.25) is 9.59 Å². The Hall–Kier alpha value is -2.90. The van der Waals surface area contributed by atoms with E-state index in [1.807, 2.05) is 0 Å². The third kappa shape index (κ3) is 3.05. The van der Waals surface area contributed by atoms with Crippen molar-refractivity contribution in [3.05, 3.63) is 23.9 Å². The van der Waals surface area contributed by atoms with Crippen LogP contribution >= 0.6 is 0 Å². The van der Waals surface area contributed by atoms with E-state index in [0.29, 0.717) is 17.0 Å². The predicted octanol–water partition coefficient (Wildman–Crippen LogP) is 1.14. The van der Waals surface area contributed by atoms with Gasteiger partial charge in [0.15, 0.2) is 17.2 Å². The van der Waals surface area contributed by atoms with Gasteiger partial charge in [0, 0.05) is 5.56 Å². The van der Waals surface area contributed by atoms with E-state index < -0.39 is 5.91 Å². The lowest BCUT2D eigenvalue weighted by atomic mass is 10.1. The van der Waals surface area contributed by atoms with Crippen molar-refractivity contribution in [3.8, 4) is 22.8 Å². The van der Waals surface area contributed by atoms with Gasteiger partial charge in [-0.25, -0.2) is 0 Å². The molecule has 0 aliphatic carbocycles. The average Bonchev–Trinajstić information content (AvgIpc) is 2.97. The van der Waals surface area contributed by atoms with E-state index in [1.165, 1.54) is 7.11 Å². The number of nitrogens with zero attached hydrogens (tertiary/aromatic N) is 2. The molecule has 116 valence electrons. The van der Waals surface area contributed by atoms with Gasteiger partial charge >= 0.3 is 5.97 Å². The molecule has 1 aromatic carbocycles. The largest absolute Gasteiger partial charge is 0.493 e. The Labute approximate surface area is 126 Å². The van der Waals surface area contributed by atoms with Gasteiger partial charge in [0.25, 0.3) is 5.91 Å². The van der Waals surface area contributed by atoms with Crippen LogP contribution in [0.2, 0.25) is 0 Å². The summed E-state index contributed by atoms with van der Waals surface area (Å²) in [6.07, 6.45) is 0. The molecule has 1 heterocycles. The fourth-order valence-electron chi connectivity index (χ4n) is 1.73. The summed E-state index contributed by atoms with van der Waals surface area (Å²) in [5.41, 5.74) is 6.11. The number of rotatable bonds is 5. The minimum Gasteiger partial charge on any atom is -0.493 e. The zero-order chi connectivity index (χ0) is 16.3. The Balaban J connectivity index is 2.39. The number of H-pyrrole nitrogens is 1. The Morgan fingerprint density at radius 3 is 2.55 bits per heavy atom. The van der Waals surface area contributed by atoms with Gasteiger partial charge in [0.2, 0.25) is 0 Å². The van der Waals surface area contributed by atoms with Gasteiger partial charge in [-0.15, -0.1) is 0 Å². The summed E-state index contributed by atoms with van der Waals surface area (Å²) in [6.45, 7) is 3.47. The number of methoxy groups -OCH3 is 1. The molecule has 0 radical (unpaired) electrons. The van der Waals surface area contributed by atoms with Crippen molar-refractivity contribution in [1.29, 1.82) is 0 Å². The number of esters is 1. The van der Waals surface area contributed by atoms with E-state index in [2.05, 4.69) is 15.4 Å². The number of benzene rings is 1. The third-order valence-electron chi connectivity index (χ3n) is 2.90. The fraction of sp³-hybridized carbons (Fsp3) is 0.286. The molecule has 2 aromatic rings. The van der Waals surface area contributed by atoms with E-state index in [9.17, 15) is 9.59 Å². The van der Waals surface area contributed by atoms with Gasteiger partial charge in [0.1, 0.15) is 5.69 Å². The minimum atomic E-state index is -0.696. The molecule has 8 nitrogen and oxygen atoms in total. The summed E-state index contributed by atoms with van der Waals surface area (Å²) >= 11 is 0. The number of amides is 1. The average molecular weight is 304 g/mol. The molecule has 0 unspecified atom stereocenters. The molecule has 1 amide bonds. The zero-order valence-corrected chi connectivity index (χ0v) is 12.4. The smallest absolute Gasteiger partial charge is 0.313 e. The predicted molar refractivity (Wildman–Crippen MR) is 77.4 cm³/mol. The molecular formula is C14H16N4O4. The highest BCUT2D eigenvalue weighted by atomic mass is 16.6. The number of nitrogens with two attached hydrogens (primary N) is 1. The summed E-state index contributed by atoms with van der Waals surface area (Å²) in [7, 11) is 1.45. The molecule has 22 heavy (non-hydrogen) atoms. The van der Waals surface area contributed by atoms with Crippen LogP contribution in [-0.4, -0.2) is 34.4 Å². The van der Waals surface area contributed by atoms with E-state index >= 15 is 0 Å². The lowest BCUT2D eigenvalue weighted by Crippen LogP contribution is -2.15. The van der Waals surface area contributed by atoms with Crippen molar-refractivity contribution in [2.24, 2.45) is 11.7 Å². The molecule has 0 aliphatic heterocycles. The molecule has 0 fully saturated rings. The fourth-order valence-corrected chi connectivity index (χ4v) is 1.73. The van der Waals surface area contributed by atoms with Crippen LogP contribution in [0.25, 0.3) is 11.3 Å². The second kappa shape index (κ2) is 6.25. The van der Waals surface area contributed by atoms with E-state index in [4.69, 9.17) is 15.2 Å². The quantitative estimate of drug-likeness (QED) is 0.631. The first-order valence-corrected chi connectivity index (χ1v) is 6.54. The van der Waals surface area contributed by atoms with Gasteiger partial charge in [-0.1, -0.05) is 13.8 Å². The van der Waals surface area contributed by atoms with Crippen molar-refractivity contribution in [1.82, 2.24) is 15.4 Å². The molecule has 0 bridgehead atoms. The van der Waals surface area contributed by atoms with Crippen molar-refractivity contribution in [2.75, 3.05) is 7.11 Å². The number of aromatic amines is 1. The van der Waals surface area contributed by atoms with Crippen LogP contribution in [0.3, 0.4) is 0 Å². The number of carbonyl (C=O) groups is 2. The summed E-state index contributed by atoms with van der Waals surface area (Å²) in [5.74, 6) is -0.705. The molecule has 1 aromatic heterocycles. The van der Waals surface area contributed by atoms with Gasteiger partial charge in [-0.05, 0) is 18.2 Å². The Morgan fingerprint density at radius 2 is 1.95 bits per heavy atom. The summed E-state index contributed by atoms with van der Waals surface area (Å²) in [5, 5.41) is 9.96. The highest BCUT2D eigenvalue weighted by molar-refractivity contribution is 5.96. The van der Waals surface area contributed by atoms with Crippen LogP contribution in [0.4, 0.5) is 0 Å². The normalized spacial score (nSPS) is 10.5. The van der Waals surface area contributed by atoms with Crippen molar-refractivity contribution in [2.45, 2.75) is 13.8 Å². The number of aromatic nitrogens is 3. The second-order valence-corrected chi connectivity index (χ2v) is 4.83. The summed E-state index contributed by atoms with van der Waals surface area (Å²) < 4.78 is 10.5. The van der Waals surface area contributed by atoms with Crippen molar-refractivity contribution < 1.29 is 19.1 Å². The van der Waals surface area contributed by atoms with Crippen LogP contribution in [0.5, 0.6) is 11.5 Å². The third-order valence-corrected chi connectivity index (χ3v) is 2.90. The van der Waals surface area contributed by atoms with Crippen molar-refractivity contribution >= 4 is 11.9 Å². The van der Waals surface area contributed by atoms with Gasteiger partial charge in [-0.2, -0.15) is 15.4 Å². The van der Waals surface area contributed by atoms with E-state index in [0.717, 1.165) is 0 Å². The monoisotopic (exact) mass is 304 g/mol. The van der Waals surface area contributed by atoms with Crippen LogP contribution in [-0.2, 0) is 4.79 Å². The summed E-state index contributed by atoms with van der Waals surface area (Å²) in [6, 6.07) is 4.79. The second-order valence-electron chi connectivity index (χ2n) is 4.83. The Bertz CT molecular complexity index is 709. The van der Waals surface area contributed by atoms with Crippen LogP contribution in [0, 0.1) is 5.92 Å². The number of hydrogen-bond donors (Lipinski definition) is 2. The molecule has 0 saturated carbocycles. The maximum absolute atomic E-state index is 11.7. The first-order chi connectivity index (χ1) is 10.4. The van der Waals surface area contributed by atoms with Crippen LogP contribution in [0.1, 0.15) is 24.3 Å². The molecule has 0 aliphatic rings. The Morgan fingerprint density at radius 1 is 1.23 bits per heavy atom. The standard InChI is InChI=1S/C14H16N4O4/c1-7(2)14(20)22-9-5-4-8(6-10(9)21-3)11-12(13(15)19)17-18-16-11/h4-7H,1-3H3,(H2,15,19)(H,16,17,18). The number of carbonyl (C=O) groups excluding carboxylic acids is 2. The first-order valence-electron chi connectivity index (χ1n) is 6.54. The zero-order valence-electron chi connectivity index (χ0n) is 12.4. The van der Waals surface area contributed by atoms with Gasteiger partial charge < -0.3 is 15.2 Å². The number of primary amides is 1. The van der Waals surface area contributed by atoms with Gasteiger partial charge in [0.05, 0.1) is 13.0 Å². The number of nitrogens with one attached hydrogen (secondary N) is 1. The molecule has 8 heteroatoms. The molecule has 0 atom stereocenters. The summed E-state index contributed by atoms with van der Waals surface area (Å²) in [4.78, 5) is 23.0. The number of ether oxygens (including phenoxy) is 2. The Kier molecular flexibility index (Phi) is 4.40. The topological polar surface area (TPSA) is 120 Å². The van der Waals surface area contributed by atoms with Crippen LogP contribution in [0.15, 0.2) is 18.2 Å². The maximum Gasteiger partial charge on any atom is 0.313 e. The van der Waals surface area contributed by atoms with E-state index in [1.54, 1.807) is 32.0 Å². The highest BCUT2D eigenvalue weighted by Gasteiger charge is 2.18. The number of hydrogen-bond acceptors (Lipinski definition) is 6. The highest BCUT2D eigenvalue weighted by Crippen LogP contribution is 2.33. The first kappa shape index (κ1) is 15.5. The lowest BCUT2D eigenvalue weighted by molar-refractivity contribution is -0.137. The lowest BCUT2D eigenvalue weighted by Gasteiger charge is -2.11. The van der Waals surface area contributed by atoms with E-state index in [-0.39, 0.29) is 23.3 Å². The van der Waals surface area contributed by atoms with Crippen molar-refractivity contribution in [3.63, 3.8) is 0 Å². The van der Waals surface area contributed by atoms with Crippen LogP contribution < -0.4 is 15.2 Å². The molecule has 2 rings (SSSR count). The molecule has 3 N–H and O–H groups in total. The molecular weight excluding hydrogens is 288 g/mol. The molecule has 0 saturated heterocycles.